The third-order valence-corrected chi connectivity index (χ3v) is 3.17. The summed E-state index contributed by atoms with van der Waals surface area (Å²) in [6.07, 6.45) is 0. The molecule has 0 aliphatic carbocycles. The van der Waals surface area contributed by atoms with E-state index in [0.717, 1.165) is 13.1 Å². The Hall–Kier alpha value is -0.970. The van der Waals surface area contributed by atoms with Crippen LogP contribution in [-0.4, -0.2) is 37.0 Å². The van der Waals surface area contributed by atoms with Gasteiger partial charge in [0.2, 0.25) is 5.91 Å². The molecule has 0 aromatic heterocycles. The first kappa shape index (κ1) is 18.0. The van der Waals surface area contributed by atoms with Crippen LogP contribution >= 0.6 is 24.8 Å². The van der Waals surface area contributed by atoms with Gasteiger partial charge in [0.15, 0.2) is 0 Å². The van der Waals surface area contributed by atoms with Gasteiger partial charge in [0.25, 0.3) is 0 Å². The van der Waals surface area contributed by atoms with Crippen LogP contribution in [0.2, 0.25) is 0 Å². The number of nitrogens with two attached hydrogens (primary N) is 1. The Bertz CT molecular complexity index is 426. The molecule has 0 fully saturated rings. The molecule has 1 aromatic carbocycles. The van der Waals surface area contributed by atoms with E-state index in [9.17, 15) is 4.79 Å². The minimum absolute atomic E-state index is 0. The van der Waals surface area contributed by atoms with Crippen LogP contribution in [0, 0.1) is 0 Å². The zero-order valence-electron chi connectivity index (χ0n) is 11.2. The van der Waals surface area contributed by atoms with Gasteiger partial charge in [0.1, 0.15) is 0 Å². The van der Waals surface area contributed by atoms with E-state index in [-0.39, 0.29) is 30.7 Å². The number of halogens is 2. The van der Waals surface area contributed by atoms with Crippen LogP contribution in [0.5, 0.6) is 0 Å². The molecule has 2 N–H and O–H groups in total. The summed E-state index contributed by atoms with van der Waals surface area (Å²) >= 11 is 0. The van der Waals surface area contributed by atoms with Crippen LogP contribution in [0.4, 0.5) is 5.69 Å². The van der Waals surface area contributed by atoms with Gasteiger partial charge in [-0.05, 0) is 18.6 Å². The predicted octanol–water partition coefficient (Wildman–Crippen LogP) is 1.66. The van der Waals surface area contributed by atoms with E-state index < -0.39 is 6.04 Å². The molecule has 0 saturated heterocycles. The second kappa shape index (κ2) is 7.58. The maximum absolute atomic E-state index is 11.9. The number of amides is 1. The first-order valence-corrected chi connectivity index (χ1v) is 5.93. The Morgan fingerprint density at radius 3 is 2.53 bits per heavy atom. The van der Waals surface area contributed by atoms with Gasteiger partial charge < -0.3 is 15.5 Å². The highest BCUT2D eigenvalue weighted by Crippen LogP contribution is 2.23. The highest BCUT2D eigenvalue weighted by Gasteiger charge is 2.22. The Morgan fingerprint density at radius 2 is 1.89 bits per heavy atom. The van der Waals surface area contributed by atoms with Crippen molar-refractivity contribution in [2.24, 2.45) is 5.73 Å². The number of fused-ring (bicyclic) bond motifs is 1. The van der Waals surface area contributed by atoms with E-state index in [2.05, 4.69) is 24.1 Å². The summed E-state index contributed by atoms with van der Waals surface area (Å²) in [6, 6.07) is 7.77. The minimum Gasteiger partial charge on any atom is -0.373 e. The van der Waals surface area contributed by atoms with Crippen LogP contribution in [0.25, 0.3) is 0 Å². The van der Waals surface area contributed by atoms with E-state index in [1.807, 2.05) is 17.0 Å². The Morgan fingerprint density at radius 1 is 1.26 bits per heavy atom. The summed E-state index contributed by atoms with van der Waals surface area (Å²) < 4.78 is 0. The summed E-state index contributed by atoms with van der Waals surface area (Å²) in [5, 5.41) is 0. The van der Waals surface area contributed by atoms with Gasteiger partial charge in [-0.1, -0.05) is 18.2 Å². The second-order valence-electron chi connectivity index (χ2n) is 4.60. The van der Waals surface area contributed by atoms with Crippen LogP contribution in [0.15, 0.2) is 24.3 Å². The standard InChI is InChI=1S/C13H19N3O.2ClH/c1-10(14)13(17)16-8-7-15(2)12-6-4-3-5-11(12)9-16;;/h3-6,10H,7-9,14H2,1-2H3;2*1H/t10-;;/m1../s1. The lowest BCUT2D eigenvalue weighted by Gasteiger charge is -2.22. The summed E-state index contributed by atoms with van der Waals surface area (Å²) in [4.78, 5) is 16.0. The number of anilines is 1. The fraction of sp³-hybridized carbons (Fsp3) is 0.462. The fourth-order valence-electron chi connectivity index (χ4n) is 2.17. The highest BCUT2D eigenvalue weighted by atomic mass is 35.5. The molecule has 108 valence electrons. The van der Waals surface area contributed by atoms with E-state index in [1.54, 1.807) is 6.92 Å². The molecular weight excluding hydrogens is 285 g/mol. The zero-order chi connectivity index (χ0) is 12.4. The molecule has 1 aliphatic rings. The third-order valence-electron chi connectivity index (χ3n) is 3.17. The maximum Gasteiger partial charge on any atom is 0.239 e. The average molecular weight is 306 g/mol. The predicted molar refractivity (Wildman–Crippen MR) is 83.3 cm³/mol. The van der Waals surface area contributed by atoms with Crippen LogP contribution in [0.3, 0.4) is 0 Å². The van der Waals surface area contributed by atoms with Crippen LogP contribution in [-0.2, 0) is 11.3 Å². The van der Waals surface area contributed by atoms with E-state index in [0.29, 0.717) is 6.54 Å². The van der Waals surface area contributed by atoms with E-state index in [1.165, 1.54) is 11.3 Å². The number of rotatable bonds is 1. The van der Waals surface area contributed by atoms with Gasteiger partial charge >= 0.3 is 0 Å². The van der Waals surface area contributed by atoms with Crippen molar-refractivity contribution in [3.8, 4) is 0 Å². The quantitative estimate of drug-likeness (QED) is 0.858. The molecule has 0 radical (unpaired) electrons. The molecule has 0 bridgehead atoms. The molecule has 19 heavy (non-hydrogen) atoms. The molecular formula is C13H21Cl2N3O. The Kier molecular flexibility index (Phi) is 7.19. The van der Waals surface area contributed by atoms with Gasteiger partial charge in [-0.15, -0.1) is 24.8 Å². The molecule has 0 spiro atoms. The minimum atomic E-state index is -0.425. The number of para-hydroxylation sites is 1. The number of carbonyl (C=O) groups excluding carboxylic acids is 1. The summed E-state index contributed by atoms with van der Waals surface area (Å²) in [5.41, 5.74) is 8.05. The van der Waals surface area contributed by atoms with E-state index >= 15 is 0 Å². The lowest BCUT2D eigenvalue weighted by molar-refractivity contribution is -0.132. The van der Waals surface area contributed by atoms with Crippen molar-refractivity contribution in [3.05, 3.63) is 29.8 Å². The van der Waals surface area contributed by atoms with Crippen molar-refractivity contribution in [3.63, 3.8) is 0 Å². The van der Waals surface area contributed by atoms with Crippen molar-refractivity contribution < 1.29 is 4.79 Å². The second-order valence-corrected chi connectivity index (χ2v) is 4.60. The fourth-order valence-corrected chi connectivity index (χ4v) is 2.17. The topological polar surface area (TPSA) is 49.6 Å². The monoisotopic (exact) mass is 305 g/mol. The highest BCUT2D eigenvalue weighted by molar-refractivity contribution is 5.85. The van der Waals surface area contributed by atoms with Gasteiger partial charge in [0.05, 0.1) is 6.04 Å². The normalized spacial score (nSPS) is 15.5. The number of carbonyl (C=O) groups is 1. The summed E-state index contributed by atoms with van der Waals surface area (Å²) in [7, 11) is 2.05. The van der Waals surface area contributed by atoms with Crippen molar-refractivity contribution >= 4 is 36.4 Å². The average Bonchev–Trinajstić information content (AvgIpc) is 2.48. The van der Waals surface area contributed by atoms with Gasteiger partial charge in [-0.25, -0.2) is 0 Å². The van der Waals surface area contributed by atoms with Crippen molar-refractivity contribution in [2.45, 2.75) is 19.5 Å². The summed E-state index contributed by atoms with van der Waals surface area (Å²) in [5.74, 6) is 0.0232. The molecule has 1 atom stereocenters. The van der Waals surface area contributed by atoms with Gasteiger partial charge in [-0.3, -0.25) is 4.79 Å². The Labute approximate surface area is 126 Å². The maximum atomic E-state index is 11.9. The number of hydrogen-bond donors (Lipinski definition) is 1. The van der Waals surface area contributed by atoms with Crippen LogP contribution < -0.4 is 10.6 Å². The van der Waals surface area contributed by atoms with Gasteiger partial charge in [0, 0.05) is 32.4 Å². The number of likely N-dealkylation sites (N-methyl/N-ethyl adjacent to an activating group) is 1. The van der Waals surface area contributed by atoms with Crippen LogP contribution in [0.1, 0.15) is 12.5 Å². The largest absolute Gasteiger partial charge is 0.373 e. The lowest BCUT2D eigenvalue weighted by Crippen LogP contribution is -2.43. The zero-order valence-corrected chi connectivity index (χ0v) is 12.8. The number of hydrogen-bond acceptors (Lipinski definition) is 3. The number of nitrogens with zero attached hydrogens (tertiary/aromatic N) is 2. The third kappa shape index (κ3) is 4.00. The molecule has 6 heteroatoms. The molecule has 1 heterocycles. The lowest BCUT2D eigenvalue weighted by atomic mass is 10.1. The molecule has 4 nitrogen and oxygen atoms in total. The molecule has 1 aliphatic heterocycles. The first-order valence-electron chi connectivity index (χ1n) is 5.93. The SMILES string of the molecule is C[C@@H](N)C(=O)N1CCN(C)c2ccccc2C1.Cl.Cl. The summed E-state index contributed by atoms with van der Waals surface area (Å²) in [6.45, 7) is 3.96. The molecule has 1 amide bonds. The smallest absolute Gasteiger partial charge is 0.239 e. The van der Waals surface area contributed by atoms with Crippen molar-refractivity contribution in [1.82, 2.24) is 4.90 Å². The molecule has 0 unspecified atom stereocenters. The first-order chi connectivity index (χ1) is 8.09. The Balaban J connectivity index is 0.00000162. The van der Waals surface area contributed by atoms with Crippen molar-refractivity contribution in [1.29, 1.82) is 0 Å². The van der Waals surface area contributed by atoms with E-state index in [4.69, 9.17) is 5.73 Å². The number of benzene rings is 1. The molecule has 0 saturated carbocycles. The molecule has 1 aromatic rings. The van der Waals surface area contributed by atoms with Gasteiger partial charge in [-0.2, -0.15) is 0 Å². The molecule has 2 rings (SSSR count). The van der Waals surface area contributed by atoms with Crippen molar-refractivity contribution in [2.75, 3.05) is 25.0 Å².